The molecule has 10 nitrogen and oxygen atoms in total. The van der Waals surface area contributed by atoms with E-state index in [9.17, 15) is 17.6 Å². The van der Waals surface area contributed by atoms with Gasteiger partial charge in [-0.05, 0) is 55.5 Å². The minimum atomic E-state index is -4.64. The Hall–Kier alpha value is -4.14. The lowest BCUT2D eigenvalue weighted by atomic mass is 10.1. The standard InChI is InChI=1S/C32H31ClF4N8O2/c1-46-31(9-10-31)18-45-26-16-38-25(29-41-30(43-42-29)32(35,36)37)15-24(26)40-27(45)17-44-11-7-22(8-12-44)47-28-4-2-3-21(39-28)13-19-5-6-20(33)14-23(19)34/h2-6,14-16,22H,7-13,17-18H2,1H3,(H,41,42,43). The summed E-state index contributed by atoms with van der Waals surface area (Å²) in [5.41, 5.74) is 2.53. The van der Waals surface area contributed by atoms with E-state index in [1.54, 1.807) is 31.5 Å². The second-order valence-electron chi connectivity index (χ2n) is 12.1. The van der Waals surface area contributed by atoms with Crippen LogP contribution >= 0.6 is 11.6 Å². The summed E-state index contributed by atoms with van der Waals surface area (Å²) in [6.45, 7) is 2.69. The number of likely N-dealkylation sites (tertiary alicyclic amines) is 1. The van der Waals surface area contributed by atoms with E-state index in [-0.39, 0.29) is 29.0 Å². The van der Waals surface area contributed by atoms with Gasteiger partial charge < -0.3 is 19.0 Å². The summed E-state index contributed by atoms with van der Waals surface area (Å²) < 4.78 is 67.7. The van der Waals surface area contributed by atoms with E-state index in [1.165, 1.54) is 6.07 Å². The van der Waals surface area contributed by atoms with Gasteiger partial charge >= 0.3 is 6.18 Å². The van der Waals surface area contributed by atoms with Crippen molar-refractivity contribution < 1.29 is 27.0 Å². The van der Waals surface area contributed by atoms with Gasteiger partial charge in [-0.1, -0.05) is 23.7 Å². The Morgan fingerprint density at radius 2 is 1.87 bits per heavy atom. The molecule has 0 atom stereocenters. The van der Waals surface area contributed by atoms with Crippen molar-refractivity contribution >= 4 is 22.6 Å². The highest BCUT2D eigenvalue weighted by molar-refractivity contribution is 6.30. The van der Waals surface area contributed by atoms with Gasteiger partial charge in [-0.15, -0.1) is 10.2 Å². The van der Waals surface area contributed by atoms with E-state index in [4.69, 9.17) is 26.1 Å². The quantitative estimate of drug-likeness (QED) is 0.174. The molecule has 2 fully saturated rings. The average Bonchev–Trinajstić information content (AvgIpc) is 3.48. The number of piperidine rings is 1. The largest absolute Gasteiger partial charge is 0.474 e. The molecule has 0 spiro atoms. The second kappa shape index (κ2) is 12.5. The van der Waals surface area contributed by atoms with E-state index < -0.39 is 12.0 Å². The number of ether oxygens (including phenoxy) is 2. The number of halogens is 5. The Kier molecular flexibility index (Phi) is 8.35. The number of alkyl halides is 3. The van der Waals surface area contributed by atoms with Crippen molar-refractivity contribution in [3.63, 3.8) is 0 Å². The van der Waals surface area contributed by atoms with Crippen LogP contribution in [0.4, 0.5) is 17.6 Å². The van der Waals surface area contributed by atoms with Crippen LogP contribution in [0.1, 0.15) is 48.6 Å². The first kappa shape index (κ1) is 31.5. The molecule has 0 unspecified atom stereocenters. The zero-order valence-corrected chi connectivity index (χ0v) is 26.2. The molecule has 0 bridgehead atoms. The summed E-state index contributed by atoms with van der Waals surface area (Å²) in [4.78, 5) is 18.4. The van der Waals surface area contributed by atoms with Gasteiger partial charge in [-0.25, -0.2) is 14.4 Å². The minimum absolute atomic E-state index is 0.0291. The smallest absolute Gasteiger partial charge is 0.451 e. The molecular formula is C32H31ClF4N8O2. The number of imidazole rings is 1. The number of hydrogen-bond donors (Lipinski definition) is 1. The molecule has 5 heterocycles. The first-order valence-electron chi connectivity index (χ1n) is 15.3. The topological polar surface area (TPSA) is 107 Å². The number of nitrogens with one attached hydrogen (secondary N) is 1. The van der Waals surface area contributed by atoms with Gasteiger partial charge in [0.25, 0.3) is 0 Å². The van der Waals surface area contributed by atoms with Crippen molar-refractivity contribution in [2.75, 3.05) is 20.2 Å². The fourth-order valence-corrected chi connectivity index (χ4v) is 6.06. The molecule has 1 aliphatic carbocycles. The molecule has 4 aromatic heterocycles. The third-order valence-electron chi connectivity index (χ3n) is 8.75. The van der Waals surface area contributed by atoms with Crippen LogP contribution < -0.4 is 4.74 Å². The minimum Gasteiger partial charge on any atom is -0.474 e. The Bertz CT molecular complexity index is 1900. The summed E-state index contributed by atoms with van der Waals surface area (Å²) in [5, 5.41) is 7.21. The molecule has 2 aliphatic rings. The first-order chi connectivity index (χ1) is 22.6. The van der Waals surface area contributed by atoms with Crippen molar-refractivity contribution in [1.82, 2.24) is 39.6 Å². The monoisotopic (exact) mass is 670 g/mol. The molecule has 1 N–H and O–H groups in total. The van der Waals surface area contributed by atoms with Crippen molar-refractivity contribution in [3.8, 4) is 17.4 Å². The molecule has 246 valence electrons. The lowest BCUT2D eigenvalue weighted by Gasteiger charge is -2.32. The average molecular weight is 671 g/mol. The normalized spacial score (nSPS) is 17.0. The summed E-state index contributed by atoms with van der Waals surface area (Å²) in [7, 11) is 1.70. The van der Waals surface area contributed by atoms with Crippen molar-refractivity contribution in [2.45, 2.75) is 63.1 Å². The van der Waals surface area contributed by atoms with Gasteiger partial charge in [0.2, 0.25) is 11.7 Å². The number of fused-ring (bicyclic) bond motifs is 1. The maximum Gasteiger partial charge on any atom is 0.451 e. The number of rotatable bonds is 10. The molecule has 5 aromatic rings. The number of aromatic amines is 1. The van der Waals surface area contributed by atoms with Crippen LogP contribution in [-0.4, -0.2) is 71.5 Å². The van der Waals surface area contributed by atoms with Gasteiger partial charge in [-0.2, -0.15) is 13.2 Å². The van der Waals surface area contributed by atoms with Gasteiger partial charge in [0.05, 0.1) is 35.9 Å². The second-order valence-corrected chi connectivity index (χ2v) is 12.5. The third kappa shape index (κ3) is 6.94. The maximum absolute atomic E-state index is 14.3. The highest BCUT2D eigenvalue weighted by Gasteiger charge is 2.44. The number of H-pyrrole nitrogens is 1. The van der Waals surface area contributed by atoms with Crippen LogP contribution in [0.15, 0.2) is 48.7 Å². The number of pyridine rings is 2. The number of hydrogen-bond acceptors (Lipinski definition) is 8. The molecule has 15 heteroatoms. The highest BCUT2D eigenvalue weighted by atomic mass is 35.5. The van der Waals surface area contributed by atoms with Gasteiger partial charge in [0.15, 0.2) is 5.82 Å². The lowest BCUT2D eigenvalue weighted by molar-refractivity contribution is -0.144. The summed E-state index contributed by atoms with van der Waals surface area (Å²) in [5.74, 6) is -0.305. The molecule has 0 amide bonds. The van der Waals surface area contributed by atoms with Crippen LogP contribution in [-0.2, 0) is 30.4 Å². The Morgan fingerprint density at radius 3 is 2.57 bits per heavy atom. The number of benzene rings is 1. The predicted molar refractivity (Wildman–Crippen MR) is 164 cm³/mol. The summed E-state index contributed by atoms with van der Waals surface area (Å²) >= 11 is 5.88. The van der Waals surface area contributed by atoms with Crippen molar-refractivity contribution in [2.24, 2.45) is 0 Å². The fraction of sp³-hybridized carbons (Fsp3) is 0.406. The van der Waals surface area contributed by atoms with Gasteiger partial charge in [0.1, 0.15) is 23.4 Å². The third-order valence-corrected chi connectivity index (χ3v) is 8.99. The number of methoxy groups -OCH3 is 1. The van der Waals surface area contributed by atoms with Crippen LogP contribution in [0.25, 0.3) is 22.6 Å². The molecule has 1 aromatic carbocycles. The Morgan fingerprint density at radius 1 is 1.06 bits per heavy atom. The first-order valence-corrected chi connectivity index (χ1v) is 15.6. The van der Waals surface area contributed by atoms with E-state index in [0.717, 1.165) is 50.1 Å². The molecule has 1 saturated heterocycles. The van der Waals surface area contributed by atoms with Crippen molar-refractivity contribution in [3.05, 3.63) is 82.4 Å². The molecular weight excluding hydrogens is 640 g/mol. The van der Waals surface area contributed by atoms with E-state index in [0.29, 0.717) is 47.2 Å². The molecule has 0 radical (unpaired) electrons. The van der Waals surface area contributed by atoms with Crippen LogP contribution in [0.3, 0.4) is 0 Å². The predicted octanol–water partition coefficient (Wildman–Crippen LogP) is 6.24. The number of aromatic nitrogens is 7. The van der Waals surface area contributed by atoms with Gasteiger partial charge in [0, 0.05) is 43.4 Å². The van der Waals surface area contributed by atoms with Crippen LogP contribution in [0.2, 0.25) is 5.02 Å². The highest BCUT2D eigenvalue weighted by Crippen LogP contribution is 2.41. The maximum atomic E-state index is 14.3. The molecule has 1 aliphatic heterocycles. The number of nitrogens with zero attached hydrogens (tertiary/aromatic N) is 7. The Labute approximate surface area is 272 Å². The summed E-state index contributed by atoms with van der Waals surface area (Å²) in [6.07, 6.45) is 0.688. The van der Waals surface area contributed by atoms with Gasteiger partial charge in [-0.3, -0.25) is 9.88 Å². The van der Waals surface area contributed by atoms with Crippen molar-refractivity contribution in [1.29, 1.82) is 0 Å². The fourth-order valence-electron chi connectivity index (χ4n) is 5.90. The molecule has 7 rings (SSSR count). The zero-order valence-electron chi connectivity index (χ0n) is 25.4. The summed E-state index contributed by atoms with van der Waals surface area (Å²) in [6, 6.07) is 11.8. The van der Waals surface area contributed by atoms with Crippen LogP contribution in [0, 0.1) is 5.82 Å². The van der Waals surface area contributed by atoms with Crippen LogP contribution in [0.5, 0.6) is 5.88 Å². The van der Waals surface area contributed by atoms with E-state index in [1.807, 2.05) is 18.2 Å². The van der Waals surface area contributed by atoms with E-state index in [2.05, 4.69) is 34.6 Å². The Balaban J connectivity index is 1.03. The lowest BCUT2D eigenvalue weighted by Crippen LogP contribution is -2.38. The zero-order chi connectivity index (χ0) is 32.8. The SMILES string of the molecule is COC1(Cn2c(CN3CCC(Oc4cccc(Cc5ccc(Cl)cc5F)n4)CC3)nc3cc(-c4nnc(C(F)(F)F)[nH]4)ncc32)CC1. The molecule has 1 saturated carbocycles. The van der Waals surface area contributed by atoms with E-state index >= 15 is 0 Å². The molecule has 47 heavy (non-hydrogen) atoms.